The van der Waals surface area contributed by atoms with Crippen molar-refractivity contribution in [1.82, 2.24) is 0 Å². The average molecular weight is 242 g/mol. The minimum atomic E-state index is -4.93. The van der Waals surface area contributed by atoms with Crippen LogP contribution in [0.5, 0.6) is 5.75 Å². The molecule has 0 heterocycles. The van der Waals surface area contributed by atoms with Gasteiger partial charge in [0, 0.05) is 5.56 Å². The summed E-state index contributed by atoms with van der Waals surface area (Å²) in [6, 6.07) is 4.21. The van der Waals surface area contributed by atoms with Gasteiger partial charge in [0.15, 0.2) is 6.10 Å². The first-order valence-electron chi connectivity index (χ1n) is 4.11. The molecule has 16 heavy (non-hydrogen) atoms. The second-order valence-electron chi connectivity index (χ2n) is 2.86. The molecular weight excluding hydrogens is 235 g/mol. The van der Waals surface area contributed by atoms with Crippen molar-refractivity contribution in [3.63, 3.8) is 0 Å². The Bertz CT molecular complexity index is 350. The molecule has 0 saturated carbocycles. The lowest BCUT2D eigenvalue weighted by atomic mass is 10.1. The number of hydrogen-bond acceptors (Lipinski definition) is 2. The molecule has 1 N–H and O–H groups in total. The van der Waals surface area contributed by atoms with Crippen LogP contribution in [0.4, 0.5) is 22.0 Å². The molecule has 1 atom stereocenters. The molecule has 0 saturated heterocycles. The fourth-order valence-electron chi connectivity index (χ4n) is 1.09. The van der Waals surface area contributed by atoms with Gasteiger partial charge < -0.3 is 9.84 Å². The fourth-order valence-corrected chi connectivity index (χ4v) is 1.09. The molecule has 0 spiro atoms. The van der Waals surface area contributed by atoms with Gasteiger partial charge in [-0.1, -0.05) is 18.2 Å². The Hall–Kier alpha value is -1.37. The molecule has 0 bridgehead atoms. The smallest absolute Gasteiger partial charge is 0.418 e. The third-order valence-electron chi connectivity index (χ3n) is 1.74. The summed E-state index contributed by atoms with van der Waals surface area (Å²) >= 11 is 0. The molecule has 0 amide bonds. The molecule has 7 heteroatoms. The van der Waals surface area contributed by atoms with Crippen LogP contribution in [-0.4, -0.2) is 17.9 Å². The maximum atomic E-state index is 12.2. The molecule has 2 nitrogen and oxygen atoms in total. The van der Waals surface area contributed by atoms with Gasteiger partial charge in [0.1, 0.15) is 5.75 Å². The van der Waals surface area contributed by atoms with Crippen molar-refractivity contribution in [3.8, 4) is 5.75 Å². The Morgan fingerprint density at radius 3 is 2.19 bits per heavy atom. The summed E-state index contributed by atoms with van der Waals surface area (Å²) in [7, 11) is 0. The van der Waals surface area contributed by atoms with Crippen molar-refractivity contribution < 1.29 is 31.8 Å². The molecule has 0 aliphatic carbocycles. The zero-order valence-electron chi connectivity index (χ0n) is 7.71. The number of alkyl halides is 5. The third kappa shape index (κ3) is 3.06. The minimum absolute atomic E-state index is 0.692. The van der Waals surface area contributed by atoms with Crippen molar-refractivity contribution in [3.05, 3.63) is 29.8 Å². The van der Waals surface area contributed by atoms with Gasteiger partial charge in [-0.25, -0.2) is 0 Å². The molecule has 0 unspecified atom stereocenters. The number of rotatable bonds is 3. The molecule has 90 valence electrons. The lowest BCUT2D eigenvalue weighted by Crippen LogP contribution is -2.21. The third-order valence-corrected chi connectivity index (χ3v) is 1.74. The Balaban J connectivity index is 3.03. The Morgan fingerprint density at radius 1 is 1.12 bits per heavy atom. The van der Waals surface area contributed by atoms with E-state index >= 15 is 0 Å². The highest BCUT2D eigenvalue weighted by atomic mass is 19.4. The van der Waals surface area contributed by atoms with Crippen molar-refractivity contribution in [2.45, 2.75) is 18.9 Å². The zero-order valence-corrected chi connectivity index (χ0v) is 7.71. The van der Waals surface area contributed by atoms with Gasteiger partial charge in [0.05, 0.1) is 0 Å². The highest BCUT2D eigenvalue weighted by Crippen LogP contribution is 2.37. The normalized spacial score (nSPS) is 13.9. The molecule has 1 aromatic rings. The Kier molecular flexibility index (Phi) is 3.69. The summed E-state index contributed by atoms with van der Waals surface area (Å²) in [4.78, 5) is 0. The van der Waals surface area contributed by atoms with Gasteiger partial charge in [-0.15, -0.1) is 0 Å². The van der Waals surface area contributed by atoms with Gasteiger partial charge >= 0.3 is 12.8 Å². The first kappa shape index (κ1) is 12.7. The Labute approximate surface area is 87.3 Å². The number of benzene rings is 1. The van der Waals surface area contributed by atoms with Crippen LogP contribution in [0.15, 0.2) is 24.3 Å². The van der Waals surface area contributed by atoms with E-state index in [1.54, 1.807) is 0 Å². The first-order chi connectivity index (χ1) is 7.32. The maximum absolute atomic E-state index is 12.2. The topological polar surface area (TPSA) is 29.5 Å². The Morgan fingerprint density at radius 2 is 1.69 bits per heavy atom. The van der Waals surface area contributed by atoms with Gasteiger partial charge in [-0.05, 0) is 6.07 Å². The summed E-state index contributed by atoms with van der Waals surface area (Å²) in [6.45, 7) is -3.25. The van der Waals surface area contributed by atoms with Crippen LogP contribution in [-0.2, 0) is 0 Å². The second-order valence-corrected chi connectivity index (χ2v) is 2.86. The van der Waals surface area contributed by atoms with Crippen molar-refractivity contribution in [1.29, 1.82) is 0 Å². The van der Waals surface area contributed by atoms with Gasteiger partial charge in [0.2, 0.25) is 0 Å². The summed E-state index contributed by atoms with van der Waals surface area (Å²) in [5.74, 6) is -0.692. The fraction of sp³-hybridized carbons (Fsp3) is 0.333. The van der Waals surface area contributed by atoms with Crippen molar-refractivity contribution in [2.75, 3.05) is 0 Å². The van der Waals surface area contributed by atoms with E-state index in [9.17, 15) is 22.0 Å². The lowest BCUT2D eigenvalue weighted by molar-refractivity contribution is -0.207. The average Bonchev–Trinajstić information content (AvgIpc) is 2.15. The predicted molar refractivity (Wildman–Crippen MR) is 44.1 cm³/mol. The molecule has 0 radical (unpaired) electrons. The first-order valence-corrected chi connectivity index (χ1v) is 4.11. The SMILES string of the molecule is O[C@@H](c1ccccc1OC(F)F)C(F)(F)F. The second kappa shape index (κ2) is 4.65. The zero-order chi connectivity index (χ0) is 12.3. The van der Waals surface area contributed by atoms with Crippen LogP contribution in [0.1, 0.15) is 11.7 Å². The summed E-state index contributed by atoms with van der Waals surface area (Å²) in [5.41, 5.74) is -0.740. The summed E-state index contributed by atoms with van der Waals surface area (Å²) < 4.78 is 64.1. The quantitative estimate of drug-likeness (QED) is 0.826. The van der Waals surface area contributed by atoms with E-state index in [0.29, 0.717) is 0 Å². The number of aliphatic hydroxyl groups excluding tert-OH is 1. The largest absolute Gasteiger partial charge is 0.434 e. The number of aliphatic hydroxyl groups is 1. The molecule has 1 rings (SSSR count). The molecule has 0 aliphatic heterocycles. The van der Waals surface area contributed by atoms with Gasteiger partial charge in [0.25, 0.3) is 0 Å². The van der Waals surface area contributed by atoms with Crippen LogP contribution in [0.2, 0.25) is 0 Å². The van der Waals surface area contributed by atoms with Crippen LogP contribution in [0.3, 0.4) is 0 Å². The number of para-hydroxylation sites is 1. The molecule has 1 aromatic carbocycles. The highest BCUT2D eigenvalue weighted by molar-refractivity contribution is 5.35. The number of halogens is 5. The highest BCUT2D eigenvalue weighted by Gasteiger charge is 2.41. The van der Waals surface area contributed by atoms with E-state index in [4.69, 9.17) is 5.11 Å². The minimum Gasteiger partial charge on any atom is -0.434 e. The van der Waals surface area contributed by atoms with Crippen LogP contribution < -0.4 is 4.74 Å². The number of hydrogen-bond donors (Lipinski definition) is 1. The molecule has 0 fully saturated rings. The van der Waals surface area contributed by atoms with E-state index in [1.165, 1.54) is 12.1 Å². The van der Waals surface area contributed by atoms with Crippen molar-refractivity contribution in [2.24, 2.45) is 0 Å². The molecule has 0 aromatic heterocycles. The van der Waals surface area contributed by atoms with E-state index in [2.05, 4.69) is 4.74 Å². The van der Waals surface area contributed by atoms with E-state index < -0.39 is 30.2 Å². The van der Waals surface area contributed by atoms with Crippen LogP contribution in [0.25, 0.3) is 0 Å². The van der Waals surface area contributed by atoms with E-state index in [-0.39, 0.29) is 0 Å². The van der Waals surface area contributed by atoms with Crippen LogP contribution in [0, 0.1) is 0 Å². The van der Waals surface area contributed by atoms with Gasteiger partial charge in [-0.3, -0.25) is 0 Å². The summed E-state index contributed by atoms with van der Waals surface area (Å²) in [6.07, 6.45) is -7.77. The van der Waals surface area contributed by atoms with E-state index in [1.807, 2.05) is 0 Å². The molecule has 0 aliphatic rings. The standard InChI is InChI=1S/C9H7F5O2/c10-8(11)16-6-4-2-1-3-5(6)7(15)9(12,13)14/h1-4,7-8,15H/t7-/m0/s1. The number of ether oxygens (including phenoxy) is 1. The molecular formula is C9H7F5O2. The van der Waals surface area contributed by atoms with E-state index in [0.717, 1.165) is 12.1 Å². The predicted octanol–water partition coefficient (Wildman–Crippen LogP) is 2.88. The monoisotopic (exact) mass is 242 g/mol. The van der Waals surface area contributed by atoms with Crippen molar-refractivity contribution >= 4 is 0 Å². The maximum Gasteiger partial charge on any atom is 0.418 e. The lowest BCUT2D eigenvalue weighted by Gasteiger charge is -2.17. The van der Waals surface area contributed by atoms with Gasteiger partial charge in [-0.2, -0.15) is 22.0 Å². The summed E-state index contributed by atoms with van der Waals surface area (Å²) in [5, 5.41) is 8.90. The van der Waals surface area contributed by atoms with Crippen LogP contribution >= 0.6 is 0 Å².